The topological polar surface area (TPSA) is 73.5 Å². The Labute approximate surface area is 63.5 Å². The molecule has 1 heterocycles. The second-order valence-corrected chi connectivity index (χ2v) is 2.24. The van der Waals surface area contributed by atoms with Crippen LogP contribution in [0.25, 0.3) is 0 Å². The van der Waals surface area contributed by atoms with Crippen molar-refractivity contribution in [3.05, 3.63) is 12.3 Å². The van der Waals surface area contributed by atoms with Crippen molar-refractivity contribution in [1.29, 1.82) is 5.26 Å². The fraction of sp³-hybridized carbons (Fsp3) is 0.286. The van der Waals surface area contributed by atoms with E-state index in [1.807, 2.05) is 0 Å². The summed E-state index contributed by atoms with van der Waals surface area (Å²) in [6.45, 7) is 0. The smallest absolute Gasteiger partial charge is 0.328 e. The van der Waals surface area contributed by atoms with Crippen LogP contribution in [-0.4, -0.2) is 17.3 Å². The zero-order valence-electron chi connectivity index (χ0n) is 5.69. The monoisotopic (exact) mass is 150 g/mol. The summed E-state index contributed by atoms with van der Waals surface area (Å²) in [5.41, 5.74) is -1.39. The zero-order valence-corrected chi connectivity index (χ0v) is 5.69. The third-order valence-electron chi connectivity index (χ3n) is 1.54. The van der Waals surface area contributed by atoms with Gasteiger partial charge in [0.15, 0.2) is 5.41 Å². The summed E-state index contributed by atoms with van der Waals surface area (Å²) in [7, 11) is 0. The highest BCUT2D eigenvalue weighted by Crippen LogP contribution is 2.24. The maximum atomic E-state index is 10.6. The number of carboxylic acids is 1. The first-order valence-corrected chi connectivity index (χ1v) is 3.05. The molecule has 0 fully saturated rings. The maximum Gasteiger partial charge on any atom is 0.328 e. The van der Waals surface area contributed by atoms with Crippen LogP contribution in [-0.2, 0) is 4.79 Å². The van der Waals surface area contributed by atoms with Gasteiger partial charge >= 0.3 is 5.97 Å². The fourth-order valence-electron chi connectivity index (χ4n) is 0.785. The molecule has 1 aliphatic heterocycles. The lowest BCUT2D eigenvalue weighted by atomic mass is 9.86. The van der Waals surface area contributed by atoms with Gasteiger partial charge < -0.3 is 5.11 Å². The molecule has 1 N–H and O–H groups in total. The molecule has 0 saturated heterocycles. The number of carboxylic acid groups (broad SMARTS) is 1. The number of hydrogen-bond donors (Lipinski definition) is 1. The number of aliphatic carboxylic acids is 1. The molecular weight excluding hydrogens is 144 g/mol. The average molecular weight is 150 g/mol. The zero-order chi connectivity index (χ0) is 8.32. The van der Waals surface area contributed by atoms with Crippen LogP contribution in [0.15, 0.2) is 17.3 Å². The number of nitrogens with zero attached hydrogens (tertiary/aromatic N) is 2. The predicted molar refractivity (Wildman–Crippen MR) is 37.9 cm³/mol. The van der Waals surface area contributed by atoms with Gasteiger partial charge in [-0.15, -0.1) is 0 Å². The van der Waals surface area contributed by atoms with Gasteiger partial charge in [0.2, 0.25) is 0 Å². The quantitative estimate of drug-likeness (QED) is 0.593. The van der Waals surface area contributed by atoms with Crippen molar-refractivity contribution in [3.8, 4) is 6.07 Å². The SMILES string of the molecule is N#CC1(C(=O)O)C=CN=CC1. The van der Waals surface area contributed by atoms with E-state index in [1.54, 1.807) is 6.07 Å². The number of rotatable bonds is 1. The van der Waals surface area contributed by atoms with Gasteiger partial charge in [-0.2, -0.15) is 5.26 Å². The summed E-state index contributed by atoms with van der Waals surface area (Å²) in [5.74, 6) is -1.12. The molecule has 0 saturated carbocycles. The molecule has 4 heteroatoms. The van der Waals surface area contributed by atoms with Crippen LogP contribution in [0.2, 0.25) is 0 Å². The van der Waals surface area contributed by atoms with Crippen LogP contribution >= 0.6 is 0 Å². The van der Waals surface area contributed by atoms with E-state index in [1.165, 1.54) is 18.5 Å². The molecule has 1 unspecified atom stereocenters. The van der Waals surface area contributed by atoms with Crippen LogP contribution in [0.1, 0.15) is 6.42 Å². The van der Waals surface area contributed by atoms with E-state index in [4.69, 9.17) is 10.4 Å². The number of nitriles is 1. The summed E-state index contributed by atoms with van der Waals surface area (Å²) in [4.78, 5) is 14.3. The van der Waals surface area contributed by atoms with Crippen molar-refractivity contribution in [2.24, 2.45) is 10.4 Å². The minimum absolute atomic E-state index is 0.148. The Bertz CT molecular complexity index is 275. The molecule has 0 spiro atoms. The largest absolute Gasteiger partial charge is 0.480 e. The molecular formula is C7H6N2O2. The number of carbonyl (C=O) groups is 1. The summed E-state index contributed by atoms with van der Waals surface area (Å²) < 4.78 is 0. The lowest BCUT2D eigenvalue weighted by Crippen LogP contribution is -2.28. The van der Waals surface area contributed by atoms with Gasteiger partial charge in [0.1, 0.15) is 0 Å². The van der Waals surface area contributed by atoms with Crippen molar-refractivity contribution < 1.29 is 9.90 Å². The van der Waals surface area contributed by atoms with Crippen molar-refractivity contribution in [2.45, 2.75) is 6.42 Å². The van der Waals surface area contributed by atoms with E-state index in [0.29, 0.717) is 0 Å². The molecule has 4 nitrogen and oxygen atoms in total. The van der Waals surface area contributed by atoms with Gasteiger partial charge in [0, 0.05) is 18.8 Å². The molecule has 0 aromatic carbocycles. The van der Waals surface area contributed by atoms with Crippen LogP contribution in [0, 0.1) is 16.7 Å². The van der Waals surface area contributed by atoms with Crippen LogP contribution < -0.4 is 0 Å². The minimum Gasteiger partial charge on any atom is -0.480 e. The summed E-state index contributed by atoms with van der Waals surface area (Å²) >= 11 is 0. The van der Waals surface area contributed by atoms with Gasteiger partial charge in [-0.05, 0) is 6.08 Å². The third-order valence-corrected chi connectivity index (χ3v) is 1.54. The van der Waals surface area contributed by atoms with Crippen LogP contribution in [0.5, 0.6) is 0 Å². The molecule has 1 aliphatic rings. The summed E-state index contributed by atoms with van der Waals surface area (Å²) in [5, 5.41) is 17.2. The summed E-state index contributed by atoms with van der Waals surface area (Å²) in [6.07, 6.45) is 4.21. The van der Waals surface area contributed by atoms with E-state index < -0.39 is 11.4 Å². The molecule has 11 heavy (non-hydrogen) atoms. The summed E-state index contributed by atoms with van der Waals surface area (Å²) in [6, 6.07) is 1.74. The van der Waals surface area contributed by atoms with Gasteiger partial charge in [0.25, 0.3) is 0 Å². The van der Waals surface area contributed by atoms with Gasteiger partial charge in [0.05, 0.1) is 6.07 Å². The Hall–Kier alpha value is -1.63. The van der Waals surface area contributed by atoms with Crippen molar-refractivity contribution in [1.82, 2.24) is 0 Å². The normalized spacial score (nSPS) is 27.9. The van der Waals surface area contributed by atoms with E-state index in [2.05, 4.69) is 4.99 Å². The molecule has 0 aliphatic carbocycles. The Morgan fingerprint density at radius 1 is 1.82 bits per heavy atom. The lowest BCUT2D eigenvalue weighted by Gasteiger charge is -2.15. The highest BCUT2D eigenvalue weighted by atomic mass is 16.4. The molecule has 56 valence electrons. The molecule has 0 radical (unpaired) electrons. The molecule has 1 rings (SSSR count). The first kappa shape index (κ1) is 7.48. The van der Waals surface area contributed by atoms with Crippen LogP contribution in [0.4, 0.5) is 0 Å². The van der Waals surface area contributed by atoms with E-state index in [0.717, 1.165) is 0 Å². The number of hydrogen-bond acceptors (Lipinski definition) is 3. The van der Waals surface area contributed by atoms with Crippen LogP contribution in [0.3, 0.4) is 0 Å². The second kappa shape index (κ2) is 2.54. The van der Waals surface area contributed by atoms with E-state index in [-0.39, 0.29) is 6.42 Å². The van der Waals surface area contributed by atoms with Crippen molar-refractivity contribution >= 4 is 12.2 Å². The first-order valence-electron chi connectivity index (χ1n) is 3.05. The van der Waals surface area contributed by atoms with E-state index in [9.17, 15) is 4.79 Å². The number of aliphatic imine (C=N–C) groups is 1. The Morgan fingerprint density at radius 2 is 2.55 bits per heavy atom. The van der Waals surface area contributed by atoms with Crippen molar-refractivity contribution in [3.63, 3.8) is 0 Å². The van der Waals surface area contributed by atoms with Gasteiger partial charge in [-0.3, -0.25) is 9.79 Å². The standard InChI is InChI=1S/C7H6N2O2/c8-5-7(6(10)11)1-3-9-4-2-7/h1,3-4H,2H2,(H,10,11). The molecule has 1 atom stereocenters. The Kier molecular flexibility index (Phi) is 1.73. The van der Waals surface area contributed by atoms with Gasteiger partial charge in [-0.1, -0.05) is 0 Å². The van der Waals surface area contributed by atoms with Crippen molar-refractivity contribution in [2.75, 3.05) is 0 Å². The fourth-order valence-corrected chi connectivity index (χ4v) is 0.785. The highest BCUT2D eigenvalue weighted by Gasteiger charge is 2.36. The average Bonchev–Trinajstić information content (AvgIpc) is 2.05. The molecule has 0 amide bonds. The highest BCUT2D eigenvalue weighted by molar-refractivity contribution is 5.85. The lowest BCUT2D eigenvalue weighted by molar-refractivity contribution is -0.142. The molecule has 0 aromatic rings. The predicted octanol–water partition coefficient (Wildman–Crippen LogP) is 0.569. The molecule has 0 bridgehead atoms. The first-order chi connectivity index (χ1) is 5.21. The molecule has 0 aromatic heterocycles. The van der Waals surface area contributed by atoms with Gasteiger partial charge in [-0.25, -0.2) is 0 Å². The Morgan fingerprint density at radius 3 is 2.82 bits per heavy atom. The maximum absolute atomic E-state index is 10.6. The second-order valence-electron chi connectivity index (χ2n) is 2.24. The third kappa shape index (κ3) is 1.13. The Balaban J connectivity index is 2.97. The minimum atomic E-state index is -1.39. The van der Waals surface area contributed by atoms with E-state index >= 15 is 0 Å².